The fraction of sp³-hybridized carbons (Fsp3) is 0.429. The molecule has 0 radical (unpaired) electrons. The maximum absolute atomic E-state index is 12.7. The number of primary amides is 1. The fourth-order valence-corrected chi connectivity index (χ4v) is 4.05. The third kappa shape index (κ3) is 5.15. The Kier molecular flexibility index (Phi) is 6.99. The molecule has 1 fully saturated rings. The monoisotopic (exact) mass is 430 g/mol. The Labute approximate surface area is 169 Å². The summed E-state index contributed by atoms with van der Waals surface area (Å²) in [6.07, 6.45) is 7.42. The van der Waals surface area contributed by atoms with E-state index in [0.717, 1.165) is 41.7 Å². The van der Waals surface area contributed by atoms with Crippen LogP contribution in [0.15, 0.2) is 53.3 Å². The average molecular weight is 431 g/mol. The molecule has 1 aromatic carbocycles. The predicted molar refractivity (Wildman–Crippen MR) is 111 cm³/mol. The summed E-state index contributed by atoms with van der Waals surface area (Å²) < 4.78 is 0.975. The molecule has 144 valence electrons. The number of nitrogens with two attached hydrogens (primary N) is 1. The molecule has 1 atom stereocenters. The van der Waals surface area contributed by atoms with E-state index in [1.165, 1.54) is 12.8 Å². The number of benzene rings is 1. The highest BCUT2D eigenvalue weighted by Gasteiger charge is 2.38. The van der Waals surface area contributed by atoms with Crippen molar-refractivity contribution in [1.29, 1.82) is 0 Å². The van der Waals surface area contributed by atoms with Gasteiger partial charge in [-0.15, -0.1) is 0 Å². The third-order valence-electron chi connectivity index (χ3n) is 5.41. The quantitative estimate of drug-likeness (QED) is 0.601. The second-order valence-corrected chi connectivity index (χ2v) is 8.13. The standard InChI is InChI=1S/C21H27BrN4O/c22-19-3-1-18(2-4-19)21(20(23)27,15-17-7-12-25-13-8-17)26-14-9-16-5-10-24-11-6-16/h1-4,7-8,12-13,16,24,26H,5-6,9-11,14-15H2,(H2,23,27). The second-order valence-electron chi connectivity index (χ2n) is 7.22. The molecule has 1 aromatic heterocycles. The van der Waals surface area contributed by atoms with E-state index in [0.29, 0.717) is 12.3 Å². The molecule has 2 aromatic rings. The van der Waals surface area contributed by atoms with Crippen molar-refractivity contribution in [3.05, 3.63) is 64.4 Å². The normalized spacial score (nSPS) is 17.4. The van der Waals surface area contributed by atoms with Crippen LogP contribution in [-0.2, 0) is 16.8 Å². The Morgan fingerprint density at radius 1 is 1.19 bits per heavy atom. The maximum atomic E-state index is 12.7. The van der Waals surface area contributed by atoms with Gasteiger partial charge in [0.25, 0.3) is 0 Å². The van der Waals surface area contributed by atoms with E-state index >= 15 is 0 Å². The number of pyridine rings is 1. The number of carbonyl (C=O) groups is 1. The van der Waals surface area contributed by atoms with E-state index in [4.69, 9.17) is 5.73 Å². The highest BCUT2D eigenvalue weighted by Crippen LogP contribution is 2.28. The van der Waals surface area contributed by atoms with E-state index in [1.807, 2.05) is 36.4 Å². The fourth-order valence-electron chi connectivity index (χ4n) is 3.78. The minimum Gasteiger partial charge on any atom is -0.368 e. The second kappa shape index (κ2) is 9.44. The van der Waals surface area contributed by atoms with Crippen LogP contribution in [0.25, 0.3) is 0 Å². The first-order valence-corrected chi connectivity index (χ1v) is 10.3. The molecule has 4 N–H and O–H groups in total. The number of amides is 1. The van der Waals surface area contributed by atoms with Crippen LogP contribution >= 0.6 is 15.9 Å². The Bertz CT molecular complexity index is 732. The van der Waals surface area contributed by atoms with Gasteiger partial charge in [-0.1, -0.05) is 28.1 Å². The molecule has 1 unspecified atom stereocenters. The number of aromatic nitrogens is 1. The molecule has 1 aliphatic heterocycles. The zero-order chi connectivity index (χ0) is 19.1. The molecule has 1 aliphatic rings. The van der Waals surface area contributed by atoms with Gasteiger partial charge in [-0.05, 0) is 80.2 Å². The van der Waals surface area contributed by atoms with Crippen molar-refractivity contribution in [1.82, 2.24) is 15.6 Å². The van der Waals surface area contributed by atoms with Gasteiger partial charge >= 0.3 is 0 Å². The first-order chi connectivity index (χ1) is 13.1. The highest BCUT2D eigenvalue weighted by molar-refractivity contribution is 9.10. The SMILES string of the molecule is NC(=O)C(Cc1ccncc1)(NCCC1CCNCC1)c1ccc(Br)cc1. The number of piperidine rings is 1. The first kappa shape index (κ1) is 20.0. The maximum Gasteiger partial charge on any atom is 0.242 e. The van der Waals surface area contributed by atoms with Gasteiger partial charge in [-0.25, -0.2) is 0 Å². The summed E-state index contributed by atoms with van der Waals surface area (Å²) >= 11 is 3.47. The largest absolute Gasteiger partial charge is 0.368 e. The van der Waals surface area contributed by atoms with Crippen LogP contribution in [0.5, 0.6) is 0 Å². The van der Waals surface area contributed by atoms with E-state index < -0.39 is 5.54 Å². The molecule has 3 rings (SSSR count). The van der Waals surface area contributed by atoms with Crippen LogP contribution in [0.4, 0.5) is 0 Å². The highest BCUT2D eigenvalue weighted by atomic mass is 79.9. The zero-order valence-electron chi connectivity index (χ0n) is 15.5. The van der Waals surface area contributed by atoms with Crippen LogP contribution in [-0.4, -0.2) is 30.5 Å². The lowest BCUT2D eigenvalue weighted by atomic mass is 9.82. The molecule has 0 bridgehead atoms. The van der Waals surface area contributed by atoms with Gasteiger partial charge in [0.15, 0.2) is 0 Å². The van der Waals surface area contributed by atoms with Gasteiger partial charge in [0.1, 0.15) is 5.54 Å². The molecule has 1 amide bonds. The predicted octanol–water partition coefficient (Wildman–Crippen LogP) is 2.75. The van der Waals surface area contributed by atoms with E-state index in [-0.39, 0.29) is 5.91 Å². The van der Waals surface area contributed by atoms with Gasteiger partial charge in [-0.2, -0.15) is 0 Å². The van der Waals surface area contributed by atoms with Gasteiger partial charge in [0.05, 0.1) is 0 Å². The smallest absolute Gasteiger partial charge is 0.242 e. The summed E-state index contributed by atoms with van der Waals surface area (Å²) in [4.78, 5) is 16.8. The molecule has 0 spiro atoms. The van der Waals surface area contributed by atoms with Crippen LogP contribution < -0.4 is 16.4 Å². The van der Waals surface area contributed by atoms with Crippen molar-refractivity contribution in [3.8, 4) is 0 Å². The lowest BCUT2D eigenvalue weighted by molar-refractivity contribution is -0.124. The molecular formula is C21H27BrN4O. The van der Waals surface area contributed by atoms with E-state index in [2.05, 4.69) is 31.5 Å². The molecule has 5 nitrogen and oxygen atoms in total. The van der Waals surface area contributed by atoms with E-state index in [1.54, 1.807) is 12.4 Å². The molecule has 1 saturated heterocycles. The Hall–Kier alpha value is -1.76. The summed E-state index contributed by atoms with van der Waals surface area (Å²) in [5.41, 5.74) is 6.95. The topological polar surface area (TPSA) is 80.0 Å². The number of nitrogens with one attached hydrogen (secondary N) is 2. The zero-order valence-corrected chi connectivity index (χ0v) is 17.0. The minimum absolute atomic E-state index is 0.355. The summed E-state index contributed by atoms with van der Waals surface area (Å²) in [6, 6.07) is 11.7. The number of carbonyl (C=O) groups excluding carboxylic acids is 1. The van der Waals surface area contributed by atoms with Crippen LogP contribution in [0.2, 0.25) is 0 Å². The third-order valence-corrected chi connectivity index (χ3v) is 5.94. The van der Waals surface area contributed by atoms with Gasteiger partial charge in [0, 0.05) is 23.3 Å². The van der Waals surface area contributed by atoms with Crippen LogP contribution in [0.1, 0.15) is 30.4 Å². The van der Waals surface area contributed by atoms with Crippen molar-refractivity contribution in [3.63, 3.8) is 0 Å². The average Bonchev–Trinajstić information content (AvgIpc) is 2.69. The Morgan fingerprint density at radius 2 is 1.85 bits per heavy atom. The summed E-state index contributed by atoms with van der Waals surface area (Å²) in [7, 11) is 0. The first-order valence-electron chi connectivity index (χ1n) is 9.51. The Balaban J connectivity index is 1.83. The number of nitrogens with zero attached hydrogens (tertiary/aromatic N) is 1. The molecule has 0 saturated carbocycles. The minimum atomic E-state index is -0.936. The van der Waals surface area contributed by atoms with Gasteiger partial charge in [0.2, 0.25) is 5.91 Å². The van der Waals surface area contributed by atoms with Gasteiger partial charge in [-0.3, -0.25) is 15.1 Å². The van der Waals surface area contributed by atoms with Crippen LogP contribution in [0, 0.1) is 5.92 Å². The van der Waals surface area contributed by atoms with Crippen molar-refractivity contribution in [2.24, 2.45) is 11.7 Å². The van der Waals surface area contributed by atoms with Gasteiger partial charge < -0.3 is 11.1 Å². The molecule has 27 heavy (non-hydrogen) atoms. The van der Waals surface area contributed by atoms with Crippen molar-refractivity contribution < 1.29 is 4.79 Å². The number of halogens is 1. The number of rotatable bonds is 8. The Morgan fingerprint density at radius 3 is 2.48 bits per heavy atom. The summed E-state index contributed by atoms with van der Waals surface area (Å²) in [5, 5.41) is 6.93. The summed E-state index contributed by atoms with van der Waals surface area (Å²) in [6.45, 7) is 2.92. The molecule has 0 aliphatic carbocycles. The van der Waals surface area contributed by atoms with Crippen molar-refractivity contribution in [2.45, 2.75) is 31.2 Å². The lowest BCUT2D eigenvalue weighted by Gasteiger charge is -2.34. The molecule has 6 heteroatoms. The number of hydrogen-bond acceptors (Lipinski definition) is 4. The lowest BCUT2D eigenvalue weighted by Crippen LogP contribution is -2.54. The number of hydrogen-bond donors (Lipinski definition) is 3. The summed E-state index contributed by atoms with van der Waals surface area (Å²) in [5.74, 6) is 0.335. The van der Waals surface area contributed by atoms with Crippen molar-refractivity contribution in [2.75, 3.05) is 19.6 Å². The molecule has 2 heterocycles. The molecular weight excluding hydrogens is 404 g/mol. The van der Waals surface area contributed by atoms with E-state index in [9.17, 15) is 4.79 Å². The van der Waals surface area contributed by atoms with Crippen LogP contribution in [0.3, 0.4) is 0 Å². The van der Waals surface area contributed by atoms with Crippen molar-refractivity contribution >= 4 is 21.8 Å².